The standard InChI is InChI=1S/C23H19ClN2O2/c1-15-7-2-3-8-16(15)14-25-21-19-11-4-5-12-20(19)28-22(21)23(27)26-18-10-6-9-17(24)13-18/h2-13,25H,14H2,1H3,(H,26,27). The van der Waals surface area contributed by atoms with Gasteiger partial charge in [-0.1, -0.05) is 54.1 Å². The molecule has 0 aliphatic carbocycles. The number of carbonyl (C=O) groups is 1. The van der Waals surface area contributed by atoms with Crippen LogP contribution in [0.15, 0.2) is 77.2 Å². The molecule has 1 heterocycles. The van der Waals surface area contributed by atoms with Crippen LogP contribution >= 0.6 is 11.6 Å². The number of fused-ring (bicyclic) bond motifs is 1. The summed E-state index contributed by atoms with van der Waals surface area (Å²) in [5.74, 6) is -0.0829. The fourth-order valence-corrected chi connectivity index (χ4v) is 3.32. The molecular weight excluding hydrogens is 372 g/mol. The van der Waals surface area contributed by atoms with Gasteiger partial charge in [0.25, 0.3) is 5.91 Å². The average molecular weight is 391 g/mol. The number of carbonyl (C=O) groups excluding carboxylic acids is 1. The topological polar surface area (TPSA) is 54.3 Å². The van der Waals surface area contributed by atoms with Crippen LogP contribution in [0.2, 0.25) is 5.02 Å². The van der Waals surface area contributed by atoms with Crippen LogP contribution in [0.1, 0.15) is 21.7 Å². The molecule has 4 aromatic rings. The van der Waals surface area contributed by atoms with E-state index in [1.165, 1.54) is 5.56 Å². The van der Waals surface area contributed by atoms with Crippen molar-refractivity contribution in [1.29, 1.82) is 0 Å². The molecule has 0 spiro atoms. The first kappa shape index (κ1) is 18.1. The Labute approximate surface area is 168 Å². The van der Waals surface area contributed by atoms with Gasteiger partial charge in [-0.05, 0) is 48.4 Å². The third kappa shape index (κ3) is 3.73. The van der Waals surface area contributed by atoms with E-state index in [4.69, 9.17) is 16.0 Å². The van der Waals surface area contributed by atoms with Crippen LogP contribution in [0.5, 0.6) is 0 Å². The minimum absolute atomic E-state index is 0.245. The lowest BCUT2D eigenvalue weighted by Gasteiger charge is -2.10. The molecule has 28 heavy (non-hydrogen) atoms. The highest BCUT2D eigenvalue weighted by Gasteiger charge is 2.21. The molecule has 5 heteroatoms. The Balaban J connectivity index is 1.66. The van der Waals surface area contributed by atoms with Crippen LogP contribution in [-0.4, -0.2) is 5.91 Å². The highest BCUT2D eigenvalue weighted by atomic mass is 35.5. The van der Waals surface area contributed by atoms with Gasteiger partial charge in [0, 0.05) is 22.6 Å². The maximum absolute atomic E-state index is 12.9. The van der Waals surface area contributed by atoms with E-state index in [0.717, 1.165) is 10.9 Å². The summed E-state index contributed by atoms with van der Waals surface area (Å²) in [4.78, 5) is 12.9. The Morgan fingerprint density at radius 1 is 1.00 bits per heavy atom. The second-order valence-corrected chi connectivity index (χ2v) is 6.98. The third-order valence-electron chi connectivity index (χ3n) is 4.60. The van der Waals surface area contributed by atoms with E-state index in [0.29, 0.717) is 28.5 Å². The molecular formula is C23H19ClN2O2. The minimum Gasteiger partial charge on any atom is -0.449 e. The van der Waals surface area contributed by atoms with Crippen molar-refractivity contribution in [2.45, 2.75) is 13.5 Å². The number of benzene rings is 3. The van der Waals surface area contributed by atoms with Crippen molar-refractivity contribution in [3.05, 3.63) is 94.7 Å². The number of anilines is 2. The molecule has 0 bridgehead atoms. The monoisotopic (exact) mass is 390 g/mol. The van der Waals surface area contributed by atoms with Crippen LogP contribution in [0.4, 0.5) is 11.4 Å². The summed E-state index contributed by atoms with van der Waals surface area (Å²) in [6.07, 6.45) is 0. The lowest BCUT2D eigenvalue weighted by molar-refractivity contribution is 0.0999. The zero-order valence-electron chi connectivity index (χ0n) is 15.3. The Morgan fingerprint density at radius 3 is 2.61 bits per heavy atom. The molecule has 2 N–H and O–H groups in total. The summed E-state index contributed by atoms with van der Waals surface area (Å²) in [6, 6.07) is 22.8. The predicted octanol–water partition coefficient (Wildman–Crippen LogP) is 6.26. The van der Waals surface area contributed by atoms with Gasteiger partial charge in [0.2, 0.25) is 5.76 Å². The molecule has 0 unspecified atom stereocenters. The highest BCUT2D eigenvalue weighted by molar-refractivity contribution is 6.31. The van der Waals surface area contributed by atoms with Gasteiger partial charge < -0.3 is 15.1 Å². The molecule has 1 aromatic heterocycles. The smallest absolute Gasteiger partial charge is 0.293 e. The normalized spacial score (nSPS) is 10.8. The lowest BCUT2D eigenvalue weighted by atomic mass is 10.1. The highest BCUT2D eigenvalue weighted by Crippen LogP contribution is 2.32. The predicted molar refractivity (Wildman–Crippen MR) is 114 cm³/mol. The summed E-state index contributed by atoms with van der Waals surface area (Å²) < 4.78 is 5.87. The molecule has 0 radical (unpaired) electrons. The number of furan rings is 1. The molecule has 1 amide bonds. The van der Waals surface area contributed by atoms with E-state index in [1.54, 1.807) is 24.3 Å². The fraction of sp³-hybridized carbons (Fsp3) is 0.0870. The van der Waals surface area contributed by atoms with Gasteiger partial charge in [-0.15, -0.1) is 0 Å². The van der Waals surface area contributed by atoms with Crippen molar-refractivity contribution >= 4 is 39.9 Å². The second kappa shape index (κ2) is 7.79. The van der Waals surface area contributed by atoms with E-state index in [-0.39, 0.29) is 11.7 Å². The third-order valence-corrected chi connectivity index (χ3v) is 4.84. The zero-order chi connectivity index (χ0) is 19.5. The van der Waals surface area contributed by atoms with Crippen molar-refractivity contribution in [3.8, 4) is 0 Å². The summed E-state index contributed by atoms with van der Waals surface area (Å²) >= 11 is 6.02. The molecule has 4 nitrogen and oxygen atoms in total. The van der Waals surface area contributed by atoms with E-state index in [1.807, 2.05) is 36.4 Å². The number of nitrogens with one attached hydrogen (secondary N) is 2. The Kier molecular flexibility index (Phi) is 5.04. The van der Waals surface area contributed by atoms with Crippen LogP contribution in [-0.2, 0) is 6.54 Å². The number of amides is 1. The molecule has 0 saturated carbocycles. The van der Waals surface area contributed by atoms with Crippen LogP contribution in [0, 0.1) is 6.92 Å². The van der Waals surface area contributed by atoms with Crippen molar-refractivity contribution in [3.63, 3.8) is 0 Å². The molecule has 4 rings (SSSR count). The SMILES string of the molecule is Cc1ccccc1CNc1c(C(=O)Nc2cccc(Cl)c2)oc2ccccc12. The fourth-order valence-electron chi connectivity index (χ4n) is 3.13. The number of rotatable bonds is 5. The maximum Gasteiger partial charge on any atom is 0.293 e. The van der Waals surface area contributed by atoms with Crippen molar-refractivity contribution < 1.29 is 9.21 Å². The largest absolute Gasteiger partial charge is 0.449 e. The molecule has 0 saturated heterocycles. The lowest BCUT2D eigenvalue weighted by Crippen LogP contribution is -2.13. The van der Waals surface area contributed by atoms with Gasteiger partial charge >= 0.3 is 0 Å². The van der Waals surface area contributed by atoms with Gasteiger partial charge in [0.05, 0.1) is 5.69 Å². The zero-order valence-corrected chi connectivity index (χ0v) is 16.1. The van der Waals surface area contributed by atoms with Crippen molar-refractivity contribution in [2.24, 2.45) is 0 Å². The van der Waals surface area contributed by atoms with E-state index < -0.39 is 0 Å². The molecule has 0 aliphatic heterocycles. The van der Waals surface area contributed by atoms with Crippen LogP contribution in [0.3, 0.4) is 0 Å². The summed E-state index contributed by atoms with van der Waals surface area (Å²) in [5, 5.41) is 7.67. The summed E-state index contributed by atoms with van der Waals surface area (Å²) in [6.45, 7) is 2.66. The van der Waals surface area contributed by atoms with Crippen molar-refractivity contribution in [1.82, 2.24) is 0 Å². The second-order valence-electron chi connectivity index (χ2n) is 6.55. The number of aryl methyl sites for hydroxylation is 1. The number of hydrogen-bond acceptors (Lipinski definition) is 3. The first-order valence-electron chi connectivity index (χ1n) is 8.98. The van der Waals surface area contributed by atoms with E-state index in [9.17, 15) is 4.79 Å². The van der Waals surface area contributed by atoms with Crippen LogP contribution < -0.4 is 10.6 Å². The van der Waals surface area contributed by atoms with Gasteiger partial charge in [0.15, 0.2) is 0 Å². The molecule has 0 aliphatic rings. The van der Waals surface area contributed by atoms with E-state index in [2.05, 4.69) is 29.7 Å². The van der Waals surface area contributed by atoms with Gasteiger partial charge in [-0.2, -0.15) is 0 Å². The average Bonchev–Trinajstić information content (AvgIpc) is 3.06. The van der Waals surface area contributed by atoms with Crippen LogP contribution in [0.25, 0.3) is 11.0 Å². The number of hydrogen-bond donors (Lipinski definition) is 2. The minimum atomic E-state index is -0.328. The maximum atomic E-state index is 12.9. The Bertz CT molecular complexity index is 1150. The Morgan fingerprint density at radius 2 is 1.79 bits per heavy atom. The first-order valence-corrected chi connectivity index (χ1v) is 9.36. The summed E-state index contributed by atoms with van der Waals surface area (Å²) in [5.41, 5.74) is 4.30. The van der Waals surface area contributed by atoms with Gasteiger partial charge in [-0.3, -0.25) is 4.79 Å². The quantitative estimate of drug-likeness (QED) is 0.423. The number of para-hydroxylation sites is 1. The molecule has 0 fully saturated rings. The molecule has 3 aromatic carbocycles. The van der Waals surface area contributed by atoms with Gasteiger partial charge in [-0.25, -0.2) is 0 Å². The number of halogens is 1. The first-order chi connectivity index (χ1) is 13.6. The van der Waals surface area contributed by atoms with E-state index >= 15 is 0 Å². The molecule has 140 valence electrons. The summed E-state index contributed by atoms with van der Waals surface area (Å²) in [7, 11) is 0. The van der Waals surface area contributed by atoms with Crippen molar-refractivity contribution in [2.75, 3.05) is 10.6 Å². The van der Waals surface area contributed by atoms with Gasteiger partial charge in [0.1, 0.15) is 5.58 Å². The molecule has 0 atom stereocenters. The Hall–Kier alpha value is -3.24.